The Kier molecular flexibility index (Phi) is 8.26. The summed E-state index contributed by atoms with van der Waals surface area (Å²) < 4.78 is 5.76. The van der Waals surface area contributed by atoms with Crippen LogP contribution in [0.5, 0.6) is 5.75 Å². The van der Waals surface area contributed by atoms with Crippen LogP contribution >= 0.6 is 0 Å². The lowest BCUT2D eigenvalue weighted by atomic mass is 10.1. The highest BCUT2D eigenvalue weighted by Crippen LogP contribution is 2.19. The first-order valence-electron chi connectivity index (χ1n) is 10.8. The molecule has 0 saturated heterocycles. The summed E-state index contributed by atoms with van der Waals surface area (Å²) >= 11 is 0. The van der Waals surface area contributed by atoms with Gasteiger partial charge in [0.25, 0.3) is 11.8 Å². The van der Waals surface area contributed by atoms with Gasteiger partial charge in [0.15, 0.2) is 0 Å². The normalized spacial score (nSPS) is 10.4. The third kappa shape index (κ3) is 6.35. The number of primary amides is 1. The number of benzene rings is 3. The maximum Gasteiger partial charge on any atom is 0.252 e. The van der Waals surface area contributed by atoms with Crippen LogP contribution in [-0.2, 0) is 6.61 Å². The molecule has 0 bridgehead atoms. The van der Waals surface area contributed by atoms with E-state index >= 15 is 0 Å². The van der Waals surface area contributed by atoms with Crippen molar-refractivity contribution in [3.63, 3.8) is 0 Å². The number of carbonyl (C=O) groups is 2. The van der Waals surface area contributed by atoms with Gasteiger partial charge in [-0.05, 0) is 55.3 Å². The third-order valence-electron chi connectivity index (χ3n) is 5.13. The summed E-state index contributed by atoms with van der Waals surface area (Å²) in [5.74, 6) is -0.233. The van der Waals surface area contributed by atoms with Gasteiger partial charge >= 0.3 is 0 Å². The average molecular weight is 432 g/mol. The molecular weight excluding hydrogens is 402 g/mol. The van der Waals surface area contributed by atoms with Crippen molar-refractivity contribution in [2.75, 3.05) is 24.5 Å². The predicted molar refractivity (Wildman–Crippen MR) is 127 cm³/mol. The van der Waals surface area contributed by atoms with E-state index in [0.717, 1.165) is 25.1 Å². The quantitative estimate of drug-likeness (QED) is 0.449. The first kappa shape index (κ1) is 22.9. The van der Waals surface area contributed by atoms with Gasteiger partial charge in [0.2, 0.25) is 0 Å². The molecule has 6 nitrogen and oxygen atoms in total. The number of nitrogens with two attached hydrogens (primary N) is 1. The predicted octanol–water partition coefficient (Wildman–Crippen LogP) is 4.01. The minimum Gasteiger partial charge on any atom is -0.488 e. The second kappa shape index (κ2) is 11.6. The highest BCUT2D eigenvalue weighted by atomic mass is 16.5. The van der Waals surface area contributed by atoms with E-state index in [1.54, 1.807) is 36.4 Å². The Balaban J connectivity index is 1.50. The molecule has 0 heterocycles. The van der Waals surface area contributed by atoms with Gasteiger partial charge in [0.1, 0.15) is 12.4 Å². The number of nitrogens with one attached hydrogen (secondary N) is 1. The van der Waals surface area contributed by atoms with E-state index in [2.05, 4.69) is 29.3 Å². The van der Waals surface area contributed by atoms with Crippen molar-refractivity contribution in [3.8, 4) is 5.75 Å². The van der Waals surface area contributed by atoms with E-state index in [4.69, 9.17) is 10.5 Å². The summed E-state index contributed by atoms with van der Waals surface area (Å²) in [4.78, 5) is 26.4. The van der Waals surface area contributed by atoms with Crippen molar-refractivity contribution in [2.45, 2.75) is 20.0 Å². The first-order valence-corrected chi connectivity index (χ1v) is 10.8. The molecule has 32 heavy (non-hydrogen) atoms. The number of rotatable bonds is 11. The smallest absolute Gasteiger partial charge is 0.252 e. The van der Waals surface area contributed by atoms with Gasteiger partial charge < -0.3 is 20.7 Å². The summed E-state index contributed by atoms with van der Waals surface area (Å²) in [5, 5.41) is 2.99. The van der Waals surface area contributed by atoms with Gasteiger partial charge in [-0.3, -0.25) is 9.59 Å². The van der Waals surface area contributed by atoms with Crippen LogP contribution < -0.4 is 20.7 Å². The van der Waals surface area contributed by atoms with Crippen molar-refractivity contribution in [1.82, 2.24) is 5.32 Å². The van der Waals surface area contributed by atoms with Gasteiger partial charge in [-0.15, -0.1) is 0 Å². The molecule has 3 aromatic rings. The molecule has 0 aliphatic heterocycles. The average Bonchev–Trinajstić information content (AvgIpc) is 2.83. The molecule has 0 aromatic heterocycles. The second-order valence-electron chi connectivity index (χ2n) is 7.37. The molecule has 0 fully saturated rings. The molecular formula is C26H29N3O3. The molecule has 0 unspecified atom stereocenters. The fraction of sp³-hybridized carbons (Fsp3) is 0.231. The molecule has 0 aliphatic rings. The Morgan fingerprint density at radius 3 is 2.47 bits per heavy atom. The van der Waals surface area contributed by atoms with Gasteiger partial charge in [-0.2, -0.15) is 0 Å². The SMILES string of the molecule is CCN(CCCNC(=O)c1cccc(COc2ccccc2C(N)=O)c1)c1ccccc1. The van der Waals surface area contributed by atoms with E-state index < -0.39 is 5.91 Å². The number of hydrogen-bond acceptors (Lipinski definition) is 4. The zero-order valence-corrected chi connectivity index (χ0v) is 18.3. The van der Waals surface area contributed by atoms with Crippen molar-refractivity contribution in [1.29, 1.82) is 0 Å². The first-order chi connectivity index (χ1) is 15.6. The van der Waals surface area contributed by atoms with Crippen LogP contribution in [0.2, 0.25) is 0 Å². The number of nitrogens with zero attached hydrogens (tertiary/aromatic N) is 1. The highest BCUT2D eigenvalue weighted by molar-refractivity contribution is 5.95. The molecule has 0 atom stereocenters. The number of amides is 2. The number of carbonyl (C=O) groups excluding carboxylic acids is 2. The van der Waals surface area contributed by atoms with E-state index in [-0.39, 0.29) is 12.5 Å². The van der Waals surface area contributed by atoms with Gasteiger partial charge in [-0.1, -0.05) is 42.5 Å². The van der Waals surface area contributed by atoms with Crippen LogP contribution in [0.3, 0.4) is 0 Å². The molecule has 0 spiro atoms. The Labute approximate surface area is 189 Å². The van der Waals surface area contributed by atoms with E-state index in [0.29, 0.717) is 23.4 Å². The Bertz CT molecular complexity index is 1040. The number of anilines is 1. The minimum atomic E-state index is -0.539. The Hall–Kier alpha value is -3.80. The fourth-order valence-electron chi connectivity index (χ4n) is 3.44. The molecule has 0 radical (unpaired) electrons. The zero-order valence-electron chi connectivity index (χ0n) is 18.3. The van der Waals surface area contributed by atoms with E-state index in [1.807, 2.05) is 30.3 Å². The van der Waals surface area contributed by atoms with Gasteiger partial charge in [0.05, 0.1) is 5.56 Å². The molecule has 6 heteroatoms. The molecule has 166 valence electrons. The number of para-hydroxylation sites is 2. The van der Waals surface area contributed by atoms with Crippen molar-refractivity contribution < 1.29 is 14.3 Å². The van der Waals surface area contributed by atoms with Crippen LogP contribution in [0.1, 0.15) is 39.6 Å². The molecule has 3 rings (SSSR count). The van der Waals surface area contributed by atoms with Crippen LogP contribution in [0, 0.1) is 0 Å². The standard InChI is InChI=1S/C26H29N3O3/c1-2-29(22-12-4-3-5-13-22)17-9-16-28-26(31)21-11-8-10-20(18-21)19-32-24-15-7-6-14-23(24)25(27)30/h3-8,10-15,18H,2,9,16-17,19H2,1H3,(H2,27,30)(H,28,31). The maximum absolute atomic E-state index is 12.6. The second-order valence-corrected chi connectivity index (χ2v) is 7.37. The highest BCUT2D eigenvalue weighted by Gasteiger charge is 2.10. The van der Waals surface area contributed by atoms with Gasteiger partial charge in [0, 0.05) is 30.9 Å². The van der Waals surface area contributed by atoms with Crippen LogP contribution in [-0.4, -0.2) is 31.4 Å². The maximum atomic E-state index is 12.6. The summed E-state index contributed by atoms with van der Waals surface area (Å²) in [6.07, 6.45) is 0.848. The summed E-state index contributed by atoms with van der Waals surface area (Å²) in [6, 6.07) is 24.4. The van der Waals surface area contributed by atoms with Crippen LogP contribution in [0.25, 0.3) is 0 Å². The molecule has 2 amide bonds. The third-order valence-corrected chi connectivity index (χ3v) is 5.13. The van der Waals surface area contributed by atoms with Crippen molar-refractivity contribution >= 4 is 17.5 Å². The van der Waals surface area contributed by atoms with Crippen LogP contribution in [0.4, 0.5) is 5.69 Å². The Morgan fingerprint density at radius 2 is 1.72 bits per heavy atom. The summed E-state index contributed by atoms with van der Waals surface area (Å²) in [7, 11) is 0. The number of ether oxygens (including phenoxy) is 1. The molecule has 3 N–H and O–H groups in total. The zero-order chi connectivity index (χ0) is 22.8. The van der Waals surface area contributed by atoms with Crippen LogP contribution in [0.15, 0.2) is 78.9 Å². The molecule has 0 aliphatic carbocycles. The molecule has 3 aromatic carbocycles. The van der Waals surface area contributed by atoms with E-state index in [1.165, 1.54) is 5.69 Å². The number of hydrogen-bond donors (Lipinski definition) is 2. The lowest BCUT2D eigenvalue weighted by Crippen LogP contribution is -2.30. The largest absolute Gasteiger partial charge is 0.488 e. The molecule has 0 saturated carbocycles. The monoisotopic (exact) mass is 431 g/mol. The fourth-order valence-corrected chi connectivity index (χ4v) is 3.44. The summed E-state index contributed by atoms with van der Waals surface area (Å²) in [5.41, 5.74) is 8.31. The lowest BCUT2D eigenvalue weighted by Gasteiger charge is -2.23. The van der Waals surface area contributed by atoms with Crippen molar-refractivity contribution in [2.24, 2.45) is 5.73 Å². The topological polar surface area (TPSA) is 84.7 Å². The lowest BCUT2D eigenvalue weighted by molar-refractivity contribution is 0.0952. The Morgan fingerprint density at radius 1 is 0.969 bits per heavy atom. The van der Waals surface area contributed by atoms with E-state index in [9.17, 15) is 9.59 Å². The summed E-state index contributed by atoms with van der Waals surface area (Å²) in [6.45, 7) is 4.73. The van der Waals surface area contributed by atoms with Gasteiger partial charge in [-0.25, -0.2) is 0 Å². The minimum absolute atomic E-state index is 0.118. The van der Waals surface area contributed by atoms with Crippen molar-refractivity contribution in [3.05, 3.63) is 95.6 Å².